The van der Waals surface area contributed by atoms with Crippen LogP contribution in [0.3, 0.4) is 0 Å². The largest absolute Gasteiger partial charge is 0.493 e. The van der Waals surface area contributed by atoms with Gasteiger partial charge < -0.3 is 9.47 Å². The van der Waals surface area contributed by atoms with Crippen molar-refractivity contribution in [3.8, 4) is 23.3 Å². The molecule has 0 aliphatic carbocycles. The van der Waals surface area contributed by atoms with Crippen LogP contribution in [0.5, 0.6) is 11.5 Å². The lowest BCUT2D eigenvalue weighted by Gasteiger charge is -2.14. The summed E-state index contributed by atoms with van der Waals surface area (Å²) in [6, 6.07) is 13.0. The molecule has 0 aliphatic rings. The molecule has 0 spiro atoms. The number of hydrogen-bond acceptors (Lipinski definition) is 5. The predicted octanol–water partition coefficient (Wildman–Crippen LogP) is 3.58. The van der Waals surface area contributed by atoms with Gasteiger partial charge in [-0.05, 0) is 36.8 Å². The van der Waals surface area contributed by atoms with Crippen molar-refractivity contribution >= 4 is 22.7 Å². The van der Waals surface area contributed by atoms with Gasteiger partial charge in [0.15, 0.2) is 16.7 Å². The molecule has 6 heteroatoms. The molecule has 138 valence electrons. The lowest BCUT2D eigenvalue weighted by Crippen LogP contribution is -2.24. The van der Waals surface area contributed by atoms with Gasteiger partial charge in [0.1, 0.15) is 0 Å². The average molecular weight is 380 g/mol. The molecular formula is C21H20N2O3S. The second-order valence-corrected chi connectivity index (χ2v) is 6.65. The Balaban J connectivity index is 2.08. The van der Waals surface area contributed by atoms with E-state index in [-0.39, 0.29) is 5.56 Å². The molecule has 3 rings (SSSR count). The minimum Gasteiger partial charge on any atom is -0.493 e. The number of methoxy groups -OCH3 is 2. The molecular weight excluding hydrogens is 360 g/mol. The van der Waals surface area contributed by atoms with Crippen molar-refractivity contribution in [1.82, 2.24) is 9.55 Å². The molecule has 5 nitrogen and oxygen atoms in total. The lowest BCUT2D eigenvalue weighted by atomic mass is 10.2. The zero-order valence-corrected chi connectivity index (χ0v) is 16.3. The first-order chi connectivity index (χ1) is 13.2. The van der Waals surface area contributed by atoms with E-state index in [1.54, 1.807) is 31.8 Å². The summed E-state index contributed by atoms with van der Waals surface area (Å²) in [5.74, 6) is 7.74. The highest BCUT2D eigenvalue weighted by Gasteiger charge is 2.13. The molecule has 3 aromatic rings. The smallest absolute Gasteiger partial charge is 0.262 e. The topological polar surface area (TPSA) is 53.4 Å². The van der Waals surface area contributed by atoms with Gasteiger partial charge in [0.05, 0.1) is 37.4 Å². The van der Waals surface area contributed by atoms with Crippen molar-refractivity contribution in [3.05, 3.63) is 58.4 Å². The van der Waals surface area contributed by atoms with Crippen LogP contribution in [0.1, 0.15) is 12.5 Å². The standard InChI is InChI=1S/C21H20N2O3S/c1-4-5-12-27-21-22-17-9-7-6-8-16(17)20(24)23(21)14-15-10-11-18(25-2)19(13-15)26-3/h6-11,13H,12,14H2,1-3H3. The van der Waals surface area contributed by atoms with Gasteiger partial charge in [0, 0.05) is 0 Å². The van der Waals surface area contributed by atoms with Gasteiger partial charge in [-0.25, -0.2) is 4.98 Å². The number of hydrogen-bond donors (Lipinski definition) is 0. The first kappa shape index (κ1) is 18.9. The van der Waals surface area contributed by atoms with Crippen LogP contribution in [-0.4, -0.2) is 29.5 Å². The van der Waals surface area contributed by atoms with E-state index >= 15 is 0 Å². The van der Waals surface area contributed by atoms with Gasteiger partial charge in [-0.3, -0.25) is 9.36 Å². The van der Waals surface area contributed by atoms with E-state index in [4.69, 9.17) is 9.47 Å². The summed E-state index contributed by atoms with van der Waals surface area (Å²) < 4.78 is 12.3. The van der Waals surface area contributed by atoms with Gasteiger partial charge in [0.2, 0.25) is 0 Å². The Morgan fingerprint density at radius 2 is 1.89 bits per heavy atom. The van der Waals surface area contributed by atoms with Gasteiger partial charge in [-0.15, -0.1) is 5.92 Å². The third kappa shape index (κ3) is 4.09. The Morgan fingerprint density at radius 1 is 1.11 bits per heavy atom. The van der Waals surface area contributed by atoms with Crippen LogP contribution >= 0.6 is 11.8 Å². The first-order valence-corrected chi connectivity index (χ1v) is 9.39. The molecule has 0 atom stereocenters. The highest BCUT2D eigenvalue weighted by Crippen LogP contribution is 2.28. The summed E-state index contributed by atoms with van der Waals surface area (Å²) in [6.45, 7) is 2.18. The van der Waals surface area contributed by atoms with E-state index in [1.807, 2.05) is 36.4 Å². The molecule has 0 saturated heterocycles. The fourth-order valence-corrected chi connectivity index (χ4v) is 3.54. The highest BCUT2D eigenvalue weighted by molar-refractivity contribution is 7.99. The minimum atomic E-state index is -0.0673. The van der Waals surface area contributed by atoms with Crippen LogP contribution in [-0.2, 0) is 6.54 Å². The third-order valence-electron chi connectivity index (χ3n) is 4.07. The van der Waals surface area contributed by atoms with E-state index in [9.17, 15) is 4.79 Å². The molecule has 0 N–H and O–H groups in total. The zero-order chi connectivity index (χ0) is 19.2. The van der Waals surface area contributed by atoms with Gasteiger partial charge in [-0.1, -0.05) is 35.9 Å². The molecule has 0 unspecified atom stereocenters. The van der Waals surface area contributed by atoms with Crippen molar-refractivity contribution in [2.75, 3.05) is 20.0 Å². The maximum Gasteiger partial charge on any atom is 0.262 e. The van der Waals surface area contributed by atoms with Gasteiger partial charge in [-0.2, -0.15) is 0 Å². The van der Waals surface area contributed by atoms with Crippen LogP contribution in [0.4, 0.5) is 0 Å². The van der Waals surface area contributed by atoms with Crippen LogP contribution in [0.15, 0.2) is 52.4 Å². The van der Waals surface area contributed by atoms with Crippen molar-refractivity contribution < 1.29 is 9.47 Å². The highest BCUT2D eigenvalue weighted by atomic mass is 32.2. The number of thioether (sulfide) groups is 1. The number of para-hydroxylation sites is 1. The Hall–Kier alpha value is -2.91. The molecule has 0 aliphatic heterocycles. The van der Waals surface area contributed by atoms with E-state index in [0.29, 0.717) is 39.9 Å². The summed E-state index contributed by atoms with van der Waals surface area (Å²) in [5, 5.41) is 1.25. The number of aromatic nitrogens is 2. The van der Waals surface area contributed by atoms with Gasteiger partial charge in [0.25, 0.3) is 5.56 Å². The maximum absolute atomic E-state index is 13.1. The van der Waals surface area contributed by atoms with Crippen molar-refractivity contribution in [2.24, 2.45) is 0 Å². The number of ether oxygens (including phenoxy) is 2. The Bertz CT molecular complexity index is 1080. The van der Waals surface area contributed by atoms with E-state index in [1.165, 1.54) is 11.8 Å². The molecule has 2 aromatic carbocycles. The summed E-state index contributed by atoms with van der Waals surface area (Å²) in [6.07, 6.45) is 0. The summed E-state index contributed by atoms with van der Waals surface area (Å²) in [7, 11) is 3.19. The quantitative estimate of drug-likeness (QED) is 0.372. The third-order valence-corrected chi connectivity index (χ3v) is 4.92. The molecule has 27 heavy (non-hydrogen) atoms. The van der Waals surface area contributed by atoms with Crippen molar-refractivity contribution in [1.29, 1.82) is 0 Å². The number of rotatable bonds is 6. The van der Waals surface area contributed by atoms with Gasteiger partial charge >= 0.3 is 0 Å². The molecule has 0 amide bonds. The number of benzene rings is 2. The monoisotopic (exact) mass is 380 g/mol. The Morgan fingerprint density at radius 3 is 2.63 bits per heavy atom. The first-order valence-electron chi connectivity index (χ1n) is 8.40. The fourth-order valence-electron chi connectivity index (χ4n) is 2.73. The summed E-state index contributed by atoms with van der Waals surface area (Å²) >= 11 is 1.46. The molecule has 0 saturated carbocycles. The second-order valence-electron chi connectivity index (χ2n) is 5.71. The Kier molecular flexibility index (Phi) is 6.05. The minimum absolute atomic E-state index is 0.0673. The molecule has 0 fully saturated rings. The van der Waals surface area contributed by atoms with Crippen LogP contribution in [0.25, 0.3) is 10.9 Å². The zero-order valence-electron chi connectivity index (χ0n) is 15.5. The van der Waals surface area contributed by atoms with E-state index in [2.05, 4.69) is 16.8 Å². The normalized spacial score (nSPS) is 10.3. The van der Waals surface area contributed by atoms with Crippen LogP contribution in [0.2, 0.25) is 0 Å². The molecule has 1 aromatic heterocycles. The predicted molar refractivity (Wildman–Crippen MR) is 109 cm³/mol. The summed E-state index contributed by atoms with van der Waals surface area (Å²) in [5.41, 5.74) is 1.55. The van der Waals surface area contributed by atoms with E-state index in [0.717, 1.165) is 5.56 Å². The summed E-state index contributed by atoms with van der Waals surface area (Å²) in [4.78, 5) is 17.8. The SMILES string of the molecule is CC#CCSc1nc2ccccc2c(=O)n1Cc1ccc(OC)c(OC)c1. The van der Waals surface area contributed by atoms with Crippen molar-refractivity contribution in [2.45, 2.75) is 18.6 Å². The Labute approximate surface area is 162 Å². The van der Waals surface area contributed by atoms with Crippen LogP contribution < -0.4 is 15.0 Å². The fraction of sp³-hybridized carbons (Fsp3) is 0.238. The number of nitrogens with zero attached hydrogens (tertiary/aromatic N) is 2. The molecule has 0 bridgehead atoms. The number of fused-ring (bicyclic) bond motifs is 1. The van der Waals surface area contributed by atoms with Crippen LogP contribution in [0, 0.1) is 11.8 Å². The van der Waals surface area contributed by atoms with E-state index < -0.39 is 0 Å². The average Bonchev–Trinajstić information content (AvgIpc) is 2.70. The van der Waals surface area contributed by atoms with Crippen molar-refractivity contribution in [3.63, 3.8) is 0 Å². The maximum atomic E-state index is 13.1. The molecule has 1 heterocycles. The molecule has 0 radical (unpaired) electrons. The lowest BCUT2D eigenvalue weighted by molar-refractivity contribution is 0.354. The second kappa shape index (κ2) is 8.65.